The Morgan fingerprint density at radius 3 is 2.03 bits per heavy atom. The van der Waals surface area contributed by atoms with E-state index in [-0.39, 0.29) is 29.7 Å². The Morgan fingerprint density at radius 1 is 0.800 bits per heavy atom. The highest BCUT2D eigenvalue weighted by Crippen LogP contribution is 2.25. The summed E-state index contributed by atoms with van der Waals surface area (Å²) in [5.41, 5.74) is 0. The molecule has 0 bridgehead atoms. The number of benzene rings is 2. The molecule has 35 heavy (non-hydrogen) atoms. The molecule has 0 unspecified atom stereocenters. The average Bonchev–Trinajstić information content (AvgIpc) is 3.41. The fourth-order valence-corrected chi connectivity index (χ4v) is 4.98. The zero-order valence-electron chi connectivity index (χ0n) is 18.2. The van der Waals surface area contributed by atoms with E-state index in [4.69, 9.17) is 4.74 Å². The van der Waals surface area contributed by atoms with Gasteiger partial charge in [0.15, 0.2) is 0 Å². The van der Waals surface area contributed by atoms with Crippen LogP contribution in [0.3, 0.4) is 0 Å². The smallest absolute Gasteiger partial charge is 0.243 e. The summed E-state index contributed by atoms with van der Waals surface area (Å²) >= 11 is 0. The van der Waals surface area contributed by atoms with Crippen LogP contribution in [0.5, 0.6) is 11.6 Å². The van der Waals surface area contributed by atoms with Crippen molar-refractivity contribution >= 4 is 16.0 Å². The Hall–Kier alpha value is -3.97. The van der Waals surface area contributed by atoms with Crippen molar-refractivity contribution in [3.8, 4) is 17.4 Å². The van der Waals surface area contributed by atoms with E-state index in [0.717, 1.165) is 12.1 Å². The molecule has 1 saturated heterocycles. The first-order chi connectivity index (χ1) is 16.9. The van der Waals surface area contributed by atoms with Gasteiger partial charge in [-0.05, 0) is 48.5 Å². The van der Waals surface area contributed by atoms with Crippen LogP contribution >= 0.6 is 0 Å². The Labute approximate surface area is 199 Å². The lowest BCUT2D eigenvalue weighted by molar-refractivity contribution is 0.381. The summed E-state index contributed by atoms with van der Waals surface area (Å²) in [6.45, 7) is 1.02. The Kier molecular flexibility index (Phi) is 6.09. The molecule has 180 valence electrons. The molecule has 1 aliphatic heterocycles. The maximum atomic E-state index is 13.3. The number of ether oxygens (including phenoxy) is 1. The second-order valence-corrected chi connectivity index (χ2v) is 9.57. The van der Waals surface area contributed by atoms with Crippen molar-refractivity contribution < 1.29 is 21.9 Å². The van der Waals surface area contributed by atoms with Crippen molar-refractivity contribution in [3.05, 3.63) is 78.9 Å². The molecule has 1 fully saturated rings. The van der Waals surface area contributed by atoms with Crippen LogP contribution in [0.4, 0.5) is 14.7 Å². The van der Waals surface area contributed by atoms with Crippen LogP contribution < -0.4 is 9.64 Å². The van der Waals surface area contributed by atoms with Gasteiger partial charge in [-0.1, -0.05) is 0 Å². The zero-order chi connectivity index (χ0) is 24.4. The SMILES string of the molecule is O=S(=O)(c1ccc(F)cc1)N1CCN(c2nc(Oc3ccc(F)cc3)cc(-n3cnnc3)n2)CC1. The summed E-state index contributed by atoms with van der Waals surface area (Å²) in [6.07, 6.45) is 2.95. The van der Waals surface area contributed by atoms with Gasteiger partial charge in [0.05, 0.1) is 4.90 Å². The lowest BCUT2D eigenvalue weighted by atomic mass is 10.3. The third-order valence-corrected chi connectivity index (χ3v) is 7.28. The molecule has 0 saturated carbocycles. The van der Waals surface area contributed by atoms with Gasteiger partial charge in [0.25, 0.3) is 0 Å². The molecule has 5 rings (SSSR count). The normalized spacial score (nSPS) is 14.7. The van der Waals surface area contributed by atoms with Gasteiger partial charge < -0.3 is 9.64 Å². The molecule has 0 atom stereocenters. The first kappa shape index (κ1) is 22.8. The summed E-state index contributed by atoms with van der Waals surface area (Å²) in [6, 6.07) is 11.8. The van der Waals surface area contributed by atoms with E-state index in [1.54, 1.807) is 10.6 Å². The number of anilines is 1. The van der Waals surface area contributed by atoms with E-state index in [9.17, 15) is 17.2 Å². The predicted molar refractivity (Wildman–Crippen MR) is 121 cm³/mol. The Balaban J connectivity index is 1.38. The van der Waals surface area contributed by atoms with Gasteiger partial charge in [0.1, 0.15) is 35.9 Å². The molecule has 0 amide bonds. The molecule has 3 heterocycles. The van der Waals surface area contributed by atoms with E-state index in [0.29, 0.717) is 30.6 Å². The van der Waals surface area contributed by atoms with E-state index in [1.807, 2.05) is 4.90 Å². The molecule has 1 aliphatic rings. The standard InChI is InChI=1S/C22H19F2N7O3S/c23-16-1-5-18(6-2-16)34-21-13-20(30-14-25-26-15-30)27-22(28-21)29-9-11-31(12-10-29)35(32,33)19-7-3-17(24)4-8-19/h1-8,13-15H,9-12H2. The van der Waals surface area contributed by atoms with Crippen molar-refractivity contribution in [2.45, 2.75) is 4.90 Å². The maximum absolute atomic E-state index is 13.3. The monoisotopic (exact) mass is 499 g/mol. The third-order valence-electron chi connectivity index (χ3n) is 5.37. The first-order valence-electron chi connectivity index (χ1n) is 10.6. The summed E-state index contributed by atoms with van der Waals surface area (Å²) in [7, 11) is -3.76. The average molecular weight is 500 g/mol. The summed E-state index contributed by atoms with van der Waals surface area (Å²) in [5.74, 6) is 0.482. The van der Waals surface area contributed by atoms with Crippen LogP contribution in [0.1, 0.15) is 0 Å². The molecule has 4 aromatic rings. The highest BCUT2D eigenvalue weighted by atomic mass is 32.2. The van der Waals surface area contributed by atoms with E-state index < -0.39 is 15.8 Å². The van der Waals surface area contributed by atoms with E-state index >= 15 is 0 Å². The lowest BCUT2D eigenvalue weighted by Crippen LogP contribution is -2.49. The van der Waals surface area contributed by atoms with Crippen molar-refractivity contribution in [1.29, 1.82) is 0 Å². The van der Waals surface area contributed by atoms with Gasteiger partial charge in [0, 0.05) is 32.2 Å². The Morgan fingerprint density at radius 2 is 1.40 bits per heavy atom. The van der Waals surface area contributed by atoms with Crippen molar-refractivity contribution in [1.82, 2.24) is 29.0 Å². The molecule has 13 heteroatoms. The number of nitrogens with zero attached hydrogens (tertiary/aromatic N) is 7. The van der Waals surface area contributed by atoms with Gasteiger partial charge in [0.2, 0.25) is 21.9 Å². The third kappa shape index (κ3) is 4.95. The van der Waals surface area contributed by atoms with Crippen LogP contribution in [0.25, 0.3) is 5.82 Å². The minimum atomic E-state index is -3.76. The fraction of sp³-hybridized carbons (Fsp3) is 0.182. The maximum Gasteiger partial charge on any atom is 0.243 e. The second kappa shape index (κ2) is 9.35. The number of aromatic nitrogens is 5. The minimum Gasteiger partial charge on any atom is -0.439 e. The molecule has 0 N–H and O–H groups in total. The largest absolute Gasteiger partial charge is 0.439 e. The van der Waals surface area contributed by atoms with Crippen LogP contribution in [0.15, 0.2) is 72.1 Å². The van der Waals surface area contributed by atoms with E-state index in [1.165, 1.54) is 53.4 Å². The second-order valence-electron chi connectivity index (χ2n) is 7.63. The molecule has 0 aliphatic carbocycles. The number of rotatable bonds is 6. The number of sulfonamides is 1. The molecule has 2 aromatic heterocycles. The summed E-state index contributed by atoms with van der Waals surface area (Å²) < 4.78 is 61.0. The van der Waals surface area contributed by atoms with E-state index in [2.05, 4.69) is 20.2 Å². The van der Waals surface area contributed by atoms with Crippen molar-refractivity contribution in [2.24, 2.45) is 0 Å². The molecule has 2 aromatic carbocycles. The molecular formula is C22H19F2N7O3S. The van der Waals surface area contributed by atoms with Crippen LogP contribution in [0, 0.1) is 11.6 Å². The van der Waals surface area contributed by atoms with Gasteiger partial charge in [-0.3, -0.25) is 4.57 Å². The topological polar surface area (TPSA) is 106 Å². The quantitative estimate of drug-likeness (QED) is 0.399. The van der Waals surface area contributed by atoms with Crippen molar-refractivity contribution in [2.75, 3.05) is 31.1 Å². The van der Waals surface area contributed by atoms with Crippen LogP contribution in [-0.4, -0.2) is 63.6 Å². The number of piperazine rings is 1. The highest BCUT2D eigenvalue weighted by molar-refractivity contribution is 7.89. The summed E-state index contributed by atoms with van der Waals surface area (Å²) in [5, 5.41) is 7.59. The fourth-order valence-electron chi connectivity index (χ4n) is 3.55. The van der Waals surface area contributed by atoms with Crippen LogP contribution in [0.2, 0.25) is 0 Å². The minimum absolute atomic E-state index is 0.0354. The van der Waals surface area contributed by atoms with Gasteiger partial charge in [-0.15, -0.1) is 10.2 Å². The number of hydrogen-bond acceptors (Lipinski definition) is 8. The number of hydrogen-bond donors (Lipinski definition) is 0. The zero-order valence-corrected chi connectivity index (χ0v) is 19.0. The van der Waals surface area contributed by atoms with Crippen molar-refractivity contribution in [3.63, 3.8) is 0 Å². The molecule has 0 radical (unpaired) electrons. The molecule has 10 nitrogen and oxygen atoms in total. The predicted octanol–water partition coefficient (Wildman–Crippen LogP) is 2.64. The highest BCUT2D eigenvalue weighted by Gasteiger charge is 2.29. The van der Waals surface area contributed by atoms with Gasteiger partial charge in [-0.25, -0.2) is 17.2 Å². The molecular weight excluding hydrogens is 480 g/mol. The lowest BCUT2D eigenvalue weighted by Gasteiger charge is -2.34. The van der Waals surface area contributed by atoms with Crippen LogP contribution in [-0.2, 0) is 10.0 Å². The van der Waals surface area contributed by atoms with Gasteiger partial charge in [-0.2, -0.15) is 14.3 Å². The Bertz CT molecular complexity index is 1410. The van der Waals surface area contributed by atoms with Gasteiger partial charge >= 0.3 is 0 Å². The number of halogens is 2. The first-order valence-corrected chi connectivity index (χ1v) is 12.0. The molecule has 0 spiro atoms. The summed E-state index contributed by atoms with van der Waals surface area (Å²) in [4.78, 5) is 10.9.